The maximum Gasteiger partial charge on any atom is 0.280 e. The van der Waals surface area contributed by atoms with E-state index < -0.39 is 0 Å². The Morgan fingerprint density at radius 3 is 1.93 bits per heavy atom. The van der Waals surface area contributed by atoms with E-state index >= 15 is 0 Å². The summed E-state index contributed by atoms with van der Waals surface area (Å²) in [7, 11) is 0. The van der Waals surface area contributed by atoms with Gasteiger partial charge in [-0.05, 0) is 85.8 Å². The summed E-state index contributed by atoms with van der Waals surface area (Å²) in [5.74, 6) is 0.492. The Hall–Kier alpha value is -1.68. The highest BCUT2D eigenvalue weighted by molar-refractivity contribution is 14.1. The second-order valence-corrected chi connectivity index (χ2v) is 10.5. The molecule has 4 rings (SSSR count). The van der Waals surface area contributed by atoms with Crippen molar-refractivity contribution in [3.8, 4) is 17.1 Å². The van der Waals surface area contributed by atoms with Crippen LogP contribution in [0.4, 0.5) is 0 Å². The molecule has 30 heavy (non-hydrogen) atoms. The predicted octanol–water partition coefficient (Wildman–Crippen LogP) is 6.83. The number of hydrogen-bond donors (Lipinski definition) is 2. The number of H-pyrrole nitrogens is 1. The molecule has 4 nitrogen and oxygen atoms in total. The average molecular weight is 624 g/mol. The minimum Gasteiger partial charge on any atom is -0.494 e. The molecule has 3 aromatic rings. The van der Waals surface area contributed by atoms with Crippen LogP contribution in [0.3, 0.4) is 0 Å². The highest BCUT2D eigenvalue weighted by Gasteiger charge is 2.33. The van der Waals surface area contributed by atoms with Crippen molar-refractivity contribution >= 4 is 56.8 Å². The second kappa shape index (κ2) is 8.11. The SMILES string of the molecule is CC(C)c1ccc(C2=NC(=O)c3c(-c4ccc(C(C)C)c(I)c4)[nH]c(O)c32)cc1I. The predicted molar refractivity (Wildman–Crippen MR) is 138 cm³/mol. The van der Waals surface area contributed by atoms with Gasteiger partial charge in [0.15, 0.2) is 5.88 Å². The Morgan fingerprint density at radius 2 is 1.40 bits per heavy atom. The topological polar surface area (TPSA) is 65.5 Å². The van der Waals surface area contributed by atoms with E-state index in [0.717, 1.165) is 18.3 Å². The van der Waals surface area contributed by atoms with Gasteiger partial charge < -0.3 is 10.1 Å². The maximum absolute atomic E-state index is 12.9. The Morgan fingerprint density at radius 1 is 0.867 bits per heavy atom. The molecule has 0 fully saturated rings. The number of carbonyl (C=O) groups is 1. The van der Waals surface area contributed by atoms with Crippen LogP contribution < -0.4 is 0 Å². The number of halogens is 2. The summed E-state index contributed by atoms with van der Waals surface area (Å²) in [6, 6.07) is 12.2. The summed E-state index contributed by atoms with van der Waals surface area (Å²) in [5.41, 5.74) is 6.30. The molecule has 1 aliphatic rings. The van der Waals surface area contributed by atoms with Gasteiger partial charge in [0.25, 0.3) is 5.91 Å². The van der Waals surface area contributed by atoms with Gasteiger partial charge in [0.2, 0.25) is 0 Å². The van der Waals surface area contributed by atoms with E-state index in [0.29, 0.717) is 34.4 Å². The quantitative estimate of drug-likeness (QED) is 0.313. The van der Waals surface area contributed by atoms with Crippen LogP contribution in [0, 0.1) is 7.14 Å². The Labute approximate surface area is 203 Å². The molecule has 154 valence electrons. The van der Waals surface area contributed by atoms with Crippen LogP contribution in [-0.4, -0.2) is 21.7 Å². The zero-order valence-corrected chi connectivity index (χ0v) is 21.5. The summed E-state index contributed by atoms with van der Waals surface area (Å²) in [4.78, 5) is 20.2. The van der Waals surface area contributed by atoms with E-state index in [1.165, 1.54) is 11.1 Å². The molecule has 0 saturated heterocycles. The number of aromatic hydroxyl groups is 1. The van der Waals surface area contributed by atoms with E-state index in [1.54, 1.807) is 0 Å². The minimum absolute atomic E-state index is 0.0181. The normalized spacial score (nSPS) is 13.3. The third kappa shape index (κ3) is 3.62. The molecule has 0 radical (unpaired) electrons. The van der Waals surface area contributed by atoms with Gasteiger partial charge in [0.05, 0.1) is 22.5 Å². The molecular weight excluding hydrogens is 602 g/mol. The third-order valence-corrected chi connectivity index (χ3v) is 7.32. The number of nitrogens with zero attached hydrogens (tertiary/aromatic N) is 1. The highest BCUT2D eigenvalue weighted by atomic mass is 127. The highest BCUT2D eigenvalue weighted by Crippen LogP contribution is 2.39. The smallest absolute Gasteiger partial charge is 0.280 e. The number of nitrogens with one attached hydrogen (secondary N) is 1. The van der Waals surface area contributed by atoms with Crippen molar-refractivity contribution in [2.24, 2.45) is 4.99 Å². The van der Waals surface area contributed by atoms with Crippen molar-refractivity contribution in [1.82, 2.24) is 4.98 Å². The lowest BCUT2D eigenvalue weighted by Crippen LogP contribution is -2.02. The first kappa shape index (κ1) is 21.5. The standard InChI is InChI=1S/C24H22I2N2O2/c1-11(2)15-7-5-13(9-17(15)25)21-19-20(24(30)27-21)22(28-23(19)29)14-6-8-16(12(3)4)18(26)10-14/h5-12,27,30H,1-4H3. The van der Waals surface area contributed by atoms with Crippen molar-refractivity contribution in [1.29, 1.82) is 0 Å². The number of aliphatic imine (C=N–C) groups is 1. The van der Waals surface area contributed by atoms with Gasteiger partial charge in [-0.1, -0.05) is 52.0 Å². The molecule has 1 aromatic heterocycles. The van der Waals surface area contributed by atoms with Crippen LogP contribution in [0.15, 0.2) is 41.4 Å². The number of benzene rings is 2. The lowest BCUT2D eigenvalue weighted by atomic mass is 9.96. The molecule has 0 unspecified atom stereocenters. The number of rotatable bonds is 4. The summed E-state index contributed by atoms with van der Waals surface area (Å²) < 4.78 is 2.26. The molecule has 0 bridgehead atoms. The zero-order chi connectivity index (χ0) is 21.7. The van der Waals surface area contributed by atoms with Crippen LogP contribution >= 0.6 is 45.2 Å². The fourth-order valence-electron chi connectivity index (χ4n) is 3.86. The van der Waals surface area contributed by atoms with Crippen LogP contribution in [0.5, 0.6) is 5.88 Å². The molecule has 0 saturated carbocycles. The van der Waals surface area contributed by atoms with E-state index in [4.69, 9.17) is 0 Å². The molecule has 0 aliphatic carbocycles. The van der Waals surface area contributed by atoms with Crippen molar-refractivity contribution < 1.29 is 9.90 Å². The van der Waals surface area contributed by atoms with Crippen LogP contribution in [0.25, 0.3) is 11.3 Å². The number of amides is 1. The molecule has 6 heteroatoms. The average Bonchev–Trinajstić information content (AvgIpc) is 3.19. The zero-order valence-electron chi connectivity index (χ0n) is 17.2. The van der Waals surface area contributed by atoms with E-state index in [1.807, 2.05) is 24.3 Å². The summed E-state index contributed by atoms with van der Waals surface area (Å²) in [5, 5.41) is 10.7. The molecule has 1 amide bonds. The number of hydrogen-bond acceptors (Lipinski definition) is 2. The number of aromatic amines is 1. The molecule has 2 aromatic carbocycles. The fraction of sp³-hybridized carbons (Fsp3) is 0.250. The monoisotopic (exact) mass is 624 g/mol. The lowest BCUT2D eigenvalue weighted by Gasteiger charge is -2.10. The molecular formula is C24H22I2N2O2. The third-order valence-electron chi connectivity index (χ3n) is 5.45. The minimum atomic E-state index is -0.322. The first-order valence-electron chi connectivity index (χ1n) is 9.87. The molecule has 1 aliphatic heterocycles. The Kier molecular flexibility index (Phi) is 5.82. The molecule has 2 heterocycles. The van der Waals surface area contributed by atoms with Crippen LogP contribution in [0.1, 0.15) is 72.1 Å². The number of carbonyl (C=O) groups excluding carboxylic acids is 1. The first-order chi connectivity index (χ1) is 14.2. The second-order valence-electron chi connectivity index (χ2n) is 8.15. The lowest BCUT2D eigenvalue weighted by molar-refractivity contribution is 0.101. The van der Waals surface area contributed by atoms with Gasteiger partial charge in [-0.25, -0.2) is 4.99 Å². The molecule has 2 N–H and O–H groups in total. The van der Waals surface area contributed by atoms with Gasteiger partial charge in [-0.2, -0.15) is 0 Å². The van der Waals surface area contributed by atoms with E-state index in [9.17, 15) is 9.90 Å². The van der Waals surface area contributed by atoms with Crippen LogP contribution in [0.2, 0.25) is 0 Å². The largest absolute Gasteiger partial charge is 0.494 e. The van der Waals surface area contributed by atoms with Crippen molar-refractivity contribution in [2.75, 3.05) is 0 Å². The number of fused-ring (bicyclic) bond motifs is 1. The Bertz CT molecular complexity index is 1210. The van der Waals surface area contributed by atoms with Crippen molar-refractivity contribution in [3.05, 3.63) is 71.4 Å². The van der Waals surface area contributed by atoms with Gasteiger partial charge in [0, 0.05) is 12.7 Å². The van der Waals surface area contributed by atoms with Crippen molar-refractivity contribution in [3.63, 3.8) is 0 Å². The van der Waals surface area contributed by atoms with Crippen LogP contribution in [-0.2, 0) is 0 Å². The van der Waals surface area contributed by atoms with Gasteiger partial charge in [-0.15, -0.1) is 0 Å². The van der Waals surface area contributed by atoms with Gasteiger partial charge in [0.1, 0.15) is 0 Å². The Balaban J connectivity index is 1.81. The summed E-state index contributed by atoms with van der Waals surface area (Å²) in [6.45, 7) is 8.62. The molecule has 0 spiro atoms. The van der Waals surface area contributed by atoms with Crippen molar-refractivity contribution in [2.45, 2.75) is 39.5 Å². The first-order valence-corrected chi connectivity index (χ1v) is 12.0. The van der Waals surface area contributed by atoms with E-state index in [2.05, 4.69) is 95.0 Å². The summed E-state index contributed by atoms with van der Waals surface area (Å²) >= 11 is 4.64. The van der Waals surface area contributed by atoms with Gasteiger partial charge in [-0.3, -0.25) is 4.79 Å². The van der Waals surface area contributed by atoms with Gasteiger partial charge >= 0.3 is 0 Å². The fourth-order valence-corrected chi connectivity index (χ4v) is 6.14. The van der Waals surface area contributed by atoms with E-state index in [-0.39, 0.29) is 11.8 Å². The summed E-state index contributed by atoms with van der Waals surface area (Å²) in [6.07, 6.45) is 0. The maximum atomic E-state index is 12.9. The molecule has 0 atom stereocenters. The number of aromatic nitrogens is 1.